The second-order valence-corrected chi connectivity index (χ2v) is 9.31. The lowest BCUT2D eigenvalue weighted by Gasteiger charge is -2.21. The van der Waals surface area contributed by atoms with Crippen LogP contribution in [0.1, 0.15) is 32.8 Å². The molecule has 1 unspecified atom stereocenters. The van der Waals surface area contributed by atoms with Gasteiger partial charge in [0.2, 0.25) is 0 Å². The molecule has 166 valence electrons. The number of benzene rings is 2. The number of thiophene rings is 1. The Balaban J connectivity index is 1.55. The fourth-order valence-electron chi connectivity index (χ4n) is 4.32. The standard InChI is InChI=1S/C26H27NO4S/c1-17-5-3-4-6-22(17)19-13-20-15-27(26(28)25-18(2)8-12-32-25)9-11-30-24(20)23(14-19)31-21-7-10-29-16-21/h3-6,8,12-14,21H,7,9-11,15-16H2,1-2H3. The summed E-state index contributed by atoms with van der Waals surface area (Å²) in [4.78, 5) is 15.9. The lowest BCUT2D eigenvalue weighted by atomic mass is 9.97. The number of hydrogen-bond donors (Lipinski definition) is 0. The molecule has 2 aromatic carbocycles. The molecule has 5 nitrogen and oxygen atoms in total. The van der Waals surface area contributed by atoms with Gasteiger partial charge in [-0.3, -0.25) is 4.79 Å². The van der Waals surface area contributed by atoms with Gasteiger partial charge in [0.25, 0.3) is 5.91 Å². The predicted molar refractivity (Wildman–Crippen MR) is 126 cm³/mol. The van der Waals surface area contributed by atoms with Gasteiger partial charge in [-0.15, -0.1) is 11.3 Å². The first-order valence-electron chi connectivity index (χ1n) is 11.0. The number of rotatable bonds is 4. The molecule has 0 bridgehead atoms. The van der Waals surface area contributed by atoms with Gasteiger partial charge in [-0.05, 0) is 59.7 Å². The summed E-state index contributed by atoms with van der Waals surface area (Å²) in [7, 11) is 0. The average Bonchev–Trinajstić information content (AvgIpc) is 3.40. The molecule has 1 amide bonds. The molecule has 6 heteroatoms. The molecular formula is C26H27NO4S. The van der Waals surface area contributed by atoms with Gasteiger partial charge in [0.1, 0.15) is 12.7 Å². The summed E-state index contributed by atoms with van der Waals surface area (Å²) in [6.07, 6.45) is 0.885. The van der Waals surface area contributed by atoms with Gasteiger partial charge < -0.3 is 19.1 Å². The fourth-order valence-corrected chi connectivity index (χ4v) is 5.21. The van der Waals surface area contributed by atoms with Crippen molar-refractivity contribution >= 4 is 17.2 Å². The molecule has 1 fully saturated rings. The van der Waals surface area contributed by atoms with Crippen LogP contribution in [0.4, 0.5) is 0 Å². The van der Waals surface area contributed by atoms with Crippen molar-refractivity contribution in [3.05, 3.63) is 69.4 Å². The van der Waals surface area contributed by atoms with Gasteiger partial charge >= 0.3 is 0 Å². The van der Waals surface area contributed by atoms with Crippen LogP contribution in [0.15, 0.2) is 47.8 Å². The second kappa shape index (κ2) is 8.96. The third-order valence-electron chi connectivity index (χ3n) is 6.08. The van der Waals surface area contributed by atoms with E-state index in [1.807, 2.05) is 35.4 Å². The van der Waals surface area contributed by atoms with E-state index in [1.54, 1.807) is 0 Å². The zero-order valence-corrected chi connectivity index (χ0v) is 19.2. The Morgan fingerprint density at radius 2 is 2.00 bits per heavy atom. The van der Waals surface area contributed by atoms with Crippen LogP contribution in [0, 0.1) is 13.8 Å². The maximum absolute atomic E-state index is 13.2. The minimum atomic E-state index is 0.0181. The molecule has 0 saturated carbocycles. The Morgan fingerprint density at radius 1 is 1.12 bits per heavy atom. The SMILES string of the molecule is Cc1ccccc1-c1cc2c(c(OC3CCOC3)c1)OCCN(C(=O)c1sccc1C)C2. The molecule has 2 aliphatic heterocycles. The number of carbonyl (C=O) groups is 1. The third-order valence-corrected chi connectivity index (χ3v) is 7.09. The van der Waals surface area contributed by atoms with Gasteiger partial charge in [-0.2, -0.15) is 0 Å². The maximum Gasteiger partial charge on any atom is 0.264 e. The molecule has 3 aromatic rings. The highest BCUT2D eigenvalue weighted by atomic mass is 32.1. The molecule has 1 aromatic heterocycles. The van der Waals surface area contributed by atoms with Crippen LogP contribution in [0.25, 0.3) is 11.1 Å². The minimum Gasteiger partial charge on any atom is -0.487 e. The Kier molecular flexibility index (Phi) is 5.89. The van der Waals surface area contributed by atoms with E-state index in [1.165, 1.54) is 16.9 Å². The van der Waals surface area contributed by atoms with Gasteiger partial charge in [-0.1, -0.05) is 24.3 Å². The van der Waals surface area contributed by atoms with Crippen molar-refractivity contribution in [1.29, 1.82) is 0 Å². The van der Waals surface area contributed by atoms with Crippen LogP contribution < -0.4 is 9.47 Å². The van der Waals surface area contributed by atoms with Crippen LogP contribution in [0.3, 0.4) is 0 Å². The van der Waals surface area contributed by atoms with Crippen LogP contribution in [-0.4, -0.2) is 43.3 Å². The number of amides is 1. The number of aryl methyl sites for hydroxylation is 2. The lowest BCUT2D eigenvalue weighted by Crippen LogP contribution is -2.32. The van der Waals surface area contributed by atoms with E-state index < -0.39 is 0 Å². The fraction of sp³-hybridized carbons (Fsp3) is 0.346. The van der Waals surface area contributed by atoms with Gasteiger partial charge in [0.15, 0.2) is 11.5 Å². The third kappa shape index (κ3) is 4.12. The first-order chi connectivity index (χ1) is 15.6. The highest BCUT2D eigenvalue weighted by molar-refractivity contribution is 7.12. The molecule has 2 aliphatic rings. The maximum atomic E-state index is 13.2. The number of carbonyl (C=O) groups excluding carboxylic acids is 1. The van der Waals surface area contributed by atoms with Crippen LogP contribution in [-0.2, 0) is 11.3 Å². The zero-order chi connectivity index (χ0) is 22.1. The molecular weight excluding hydrogens is 422 g/mol. The lowest BCUT2D eigenvalue weighted by molar-refractivity contribution is 0.0737. The number of fused-ring (bicyclic) bond motifs is 1. The first-order valence-corrected chi connectivity index (χ1v) is 11.9. The van der Waals surface area contributed by atoms with E-state index >= 15 is 0 Å². The molecule has 0 spiro atoms. The molecule has 3 heterocycles. The van der Waals surface area contributed by atoms with Crippen molar-refractivity contribution in [2.45, 2.75) is 32.9 Å². The van der Waals surface area contributed by atoms with E-state index in [4.69, 9.17) is 14.2 Å². The van der Waals surface area contributed by atoms with Gasteiger partial charge in [0.05, 0.1) is 24.6 Å². The Hall–Kier alpha value is -2.83. The largest absolute Gasteiger partial charge is 0.487 e. The molecule has 0 radical (unpaired) electrons. The van der Waals surface area contributed by atoms with E-state index in [9.17, 15) is 4.79 Å². The number of ether oxygens (including phenoxy) is 3. The van der Waals surface area contributed by atoms with Crippen molar-refractivity contribution < 1.29 is 19.0 Å². The molecule has 32 heavy (non-hydrogen) atoms. The van der Waals surface area contributed by atoms with Crippen molar-refractivity contribution in [3.8, 4) is 22.6 Å². The topological polar surface area (TPSA) is 48.0 Å². The molecule has 0 N–H and O–H groups in total. The number of hydrogen-bond acceptors (Lipinski definition) is 5. The second-order valence-electron chi connectivity index (χ2n) is 8.39. The van der Waals surface area contributed by atoms with E-state index in [2.05, 4.69) is 31.2 Å². The smallest absolute Gasteiger partial charge is 0.264 e. The monoisotopic (exact) mass is 449 g/mol. The summed E-state index contributed by atoms with van der Waals surface area (Å²) in [6, 6.07) is 14.5. The zero-order valence-electron chi connectivity index (χ0n) is 18.4. The quantitative estimate of drug-likeness (QED) is 0.547. The van der Waals surface area contributed by atoms with Gasteiger partial charge in [-0.25, -0.2) is 0 Å². The summed E-state index contributed by atoms with van der Waals surface area (Å²) in [5, 5.41) is 1.97. The highest BCUT2D eigenvalue weighted by Crippen LogP contribution is 2.40. The Morgan fingerprint density at radius 3 is 2.75 bits per heavy atom. The molecule has 1 saturated heterocycles. The van der Waals surface area contributed by atoms with Crippen molar-refractivity contribution in [1.82, 2.24) is 4.90 Å². The van der Waals surface area contributed by atoms with Crippen molar-refractivity contribution in [3.63, 3.8) is 0 Å². The van der Waals surface area contributed by atoms with E-state index in [0.717, 1.165) is 45.1 Å². The summed E-state index contributed by atoms with van der Waals surface area (Å²) in [6.45, 7) is 6.86. The summed E-state index contributed by atoms with van der Waals surface area (Å²) in [5.41, 5.74) is 5.41. The Labute approximate surface area is 192 Å². The predicted octanol–water partition coefficient (Wildman–Crippen LogP) is 5.23. The minimum absolute atomic E-state index is 0.0181. The van der Waals surface area contributed by atoms with E-state index in [-0.39, 0.29) is 12.0 Å². The van der Waals surface area contributed by atoms with Crippen molar-refractivity contribution in [2.24, 2.45) is 0 Å². The highest BCUT2D eigenvalue weighted by Gasteiger charge is 2.27. The Bertz CT molecular complexity index is 1130. The van der Waals surface area contributed by atoms with Crippen LogP contribution >= 0.6 is 11.3 Å². The average molecular weight is 450 g/mol. The summed E-state index contributed by atoms with van der Waals surface area (Å²) < 4.78 is 18.1. The molecule has 0 aliphatic carbocycles. The normalized spacial score (nSPS) is 18.1. The summed E-state index contributed by atoms with van der Waals surface area (Å²) >= 11 is 1.50. The number of nitrogens with zero attached hydrogens (tertiary/aromatic N) is 1. The van der Waals surface area contributed by atoms with E-state index in [0.29, 0.717) is 32.9 Å². The summed E-state index contributed by atoms with van der Waals surface area (Å²) in [5.74, 6) is 1.53. The van der Waals surface area contributed by atoms with Gasteiger partial charge in [0, 0.05) is 18.5 Å². The van der Waals surface area contributed by atoms with Crippen molar-refractivity contribution in [2.75, 3.05) is 26.4 Å². The molecule has 5 rings (SSSR count). The van der Waals surface area contributed by atoms with Crippen LogP contribution in [0.5, 0.6) is 11.5 Å². The van der Waals surface area contributed by atoms with Crippen LogP contribution in [0.2, 0.25) is 0 Å². The first kappa shape index (κ1) is 21.0. The molecule has 1 atom stereocenters.